The van der Waals surface area contributed by atoms with Crippen molar-refractivity contribution in [1.29, 1.82) is 0 Å². The van der Waals surface area contributed by atoms with Gasteiger partial charge in [0.05, 0.1) is 7.11 Å². The topological polar surface area (TPSA) is 96.8 Å². The summed E-state index contributed by atoms with van der Waals surface area (Å²) in [7, 11) is 1.14. The summed E-state index contributed by atoms with van der Waals surface area (Å²) in [6.07, 6.45) is 0. The summed E-state index contributed by atoms with van der Waals surface area (Å²) < 4.78 is 0. The minimum absolute atomic E-state index is 0.163. The Kier molecular flexibility index (Phi) is 3.68. The fraction of sp³-hybridized carbons (Fsp3) is 1.00. The quantitative estimate of drug-likeness (QED) is 0.297. The van der Waals surface area contributed by atoms with Crippen molar-refractivity contribution < 1.29 is 14.6 Å². The van der Waals surface area contributed by atoms with Crippen LogP contribution in [0.25, 0.3) is 0 Å². The molecule has 0 aromatic rings. The third kappa shape index (κ3) is 3.69. The van der Waals surface area contributed by atoms with Gasteiger partial charge in [-0.3, -0.25) is 4.84 Å². The summed E-state index contributed by atoms with van der Waals surface area (Å²) in [5.74, 6) is 10.3. The first-order valence-corrected chi connectivity index (χ1v) is 2.68. The first-order valence-electron chi connectivity index (χ1n) is 2.68. The molecule has 0 radical (unpaired) electrons. The molecule has 0 saturated carbocycles. The summed E-state index contributed by atoms with van der Waals surface area (Å²) in [6, 6.07) is 0. The van der Waals surface area contributed by atoms with Crippen molar-refractivity contribution in [3.05, 3.63) is 5.21 Å². The monoisotopic (exact) mass is 152 g/mol. The standard InChI is InChI=1S/C3H12N4O3/c1-3-7(4,5)10-6(8)9-2/h3-5H2,1-2H3. The van der Waals surface area contributed by atoms with Crippen molar-refractivity contribution in [3.63, 3.8) is 0 Å². The maximum Gasteiger partial charge on any atom is 0.147 e. The molecule has 62 valence electrons. The molecule has 0 atom stereocenters. The van der Waals surface area contributed by atoms with Crippen LogP contribution < -0.4 is 11.7 Å². The predicted molar refractivity (Wildman–Crippen MR) is 32.5 cm³/mol. The van der Waals surface area contributed by atoms with Crippen LogP contribution in [-0.4, -0.2) is 23.9 Å². The molecule has 0 aliphatic rings. The van der Waals surface area contributed by atoms with Crippen molar-refractivity contribution in [2.75, 3.05) is 13.7 Å². The van der Waals surface area contributed by atoms with Gasteiger partial charge in [0.2, 0.25) is 0 Å². The van der Waals surface area contributed by atoms with Crippen molar-refractivity contribution in [2.24, 2.45) is 11.7 Å². The molecule has 7 heteroatoms. The molecule has 0 unspecified atom stereocenters. The van der Waals surface area contributed by atoms with Gasteiger partial charge in [-0.1, -0.05) is 5.39 Å². The Morgan fingerprint density at radius 1 is 1.60 bits per heavy atom. The minimum atomic E-state index is -0.850. The summed E-state index contributed by atoms with van der Waals surface area (Å²) in [6.45, 7) is 1.91. The highest BCUT2D eigenvalue weighted by Crippen LogP contribution is 1.93. The molecule has 0 saturated heterocycles. The van der Waals surface area contributed by atoms with E-state index in [-0.39, 0.29) is 11.9 Å². The highest BCUT2D eigenvalue weighted by Gasteiger charge is 2.17. The van der Waals surface area contributed by atoms with Crippen LogP contribution in [0.1, 0.15) is 6.92 Å². The number of nitrogens with zero attached hydrogens (tertiary/aromatic N) is 2. The molecule has 10 heavy (non-hydrogen) atoms. The van der Waals surface area contributed by atoms with Gasteiger partial charge >= 0.3 is 0 Å². The number of nitrogens with two attached hydrogens (primary N) is 2. The summed E-state index contributed by atoms with van der Waals surface area (Å²) in [4.78, 5) is 7.50. The van der Waals surface area contributed by atoms with Gasteiger partial charge < -0.3 is 5.21 Å². The summed E-state index contributed by atoms with van der Waals surface area (Å²) in [5, 5.41) is 10.1. The van der Waals surface area contributed by atoms with Crippen LogP contribution in [-0.2, 0) is 9.78 Å². The summed E-state index contributed by atoms with van der Waals surface area (Å²) in [5.41, 5.74) is 0. The van der Waals surface area contributed by atoms with Crippen molar-refractivity contribution >= 4 is 0 Å². The lowest BCUT2D eigenvalue weighted by Gasteiger charge is -2.29. The highest BCUT2D eigenvalue weighted by atomic mass is 17.2. The maximum atomic E-state index is 10.3. The van der Waals surface area contributed by atoms with Gasteiger partial charge in [0, 0.05) is 0 Å². The number of hydroxylamine groups is 1. The second-order valence-electron chi connectivity index (χ2n) is 1.66. The molecule has 0 spiro atoms. The molecule has 0 aliphatic heterocycles. The van der Waals surface area contributed by atoms with Crippen LogP contribution >= 0.6 is 0 Å². The molecule has 0 aromatic heterocycles. The van der Waals surface area contributed by atoms with Crippen LogP contribution in [0.5, 0.6) is 0 Å². The first kappa shape index (κ1) is 9.72. The van der Waals surface area contributed by atoms with E-state index in [1.54, 1.807) is 6.92 Å². The van der Waals surface area contributed by atoms with E-state index in [0.717, 1.165) is 7.11 Å². The van der Waals surface area contributed by atoms with Gasteiger partial charge in [-0.2, -0.15) is 0 Å². The number of rotatable bonds is 4. The van der Waals surface area contributed by atoms with E-state index >= 15 is 0 Å². The fourth-order valence-corrected chi connectivity index (χ4v) is 0.215. The van der Waals surface area contributed by atoms with E-state index < -0.39 is 4.86 Å². The van der Waals surface area contributed by atoms with Gasteiger partial charge in [-0.25, -0.2) is 0 Å². The zero-order valence-electron chi connectivity index (χ0n) is 5.98. The van der Waals surface area contributed by atoms with Gasteiger partial charge in [-0.05, 0) is 16.7 Å². The van der Waals surface area contributed by atoms with E-state index in [1.807, 2.05) is 0 Å². The summed E-state index contributed by atoms with van der Waals surface area (Å²) >= 11 is 0. The van der Waals surface area contributed by atoms with Gasteiger partial charge in [0.25, 0.3) is 0 Å². The third-order valence-corrected chi connectivity index (χ3v) is 0.862. The normalized spacial score (nSPS) is 12.6. The lowest BCUT2D eigenvalue weighted by atomic mass is 10.8. The lowest BCUT2D eigenvalue weighted by Crippen LogP contribution is -2.62. The van der Waals surface area contributed by atoms with Crippen molar-refractivity contribution in [1.82, 2.24) is 5.39 Å². The van der Waals surface area contributed by atoms with Crippen molar-refractivity contribution in [3.8, 4) is 0 Å². The average Bonchev–Trinajstić information content (AvgIpc) is 1.87. The van der Waals surface area contributed by atoms with Crippen LogP contribution in [0.15, 0.2) is 0 Å². The molecule has 0 rings (SSSR count). The minimum Gasteiger partial charge on any atom is -0.733 e. The van der Waals surface area contributed by atoms with Gasteiger partial charge in [0.15, 0.2) is 0 Å². The second kappa shape index (κ2) is 3.78. The van der Waals surface area contributed by atoms with E-state index in [9.17, 15) is 5.21 Å². The molecule has 0 heterocycles. The zero-order valence-corrected chi connectivity index (χ0v) is 5.98. The molecule has 0 amide bonds. The average molecular weight is 152 g/mol. The number of quaternary nitrogens is 1. The first-order chi connectivity index (χ1) is 4.52. The smallest absolute Gasteiger partial charge is 0.147 e. The third-order valence-electron chi connectivity index (χ3n) is 0.862. The molecular formula is C3H12N4O3. The van der Waals surface area contributed by atoms with Crippen LogP contribution in [0.4, 0.5) is 0 Å². The number of hydrogen-bond donors (Lipinski definition) is 2. The molecule has 4 N–H and O–H groups in total. The Morgan fingerprint density at radius 3 is 2.40 bits per heavy atom. The van der Waals surface area contributed by atoms with E-state index in [2.05, 4.69) is 9.78 Å². The Morgan fingerprint density at radius 2 is 2.10 bits per heavy atom. The molecule has 0 bridgehead atoms. The Balaban J connectivity index is 3.64. The van der Waals surface area contributed by atoms with E-state index in [4.69, 9.17) is 11.7 Å². The van der Waals surface area contributed by atoms with Crippen LogP contribution in [0, 0.1) is 5.21 Å². The van der Waals surface area contributed by atoms with Gasteiger partial charge in [-0.15, -0.1) is 11.7 Å². The predicted octanol–water partition coefficient (Wildman–Crippen LogP) is -1.22. The van der Waals surface area contributed by atoms with E-state index in [1.165, 1.54) is 0 Å². The SMILES string of the molecule is CC[N+](N)(N)ON([O-])OC. The molecule has 0 fully saturated rings. The van der Waals surface area contributed by atoms with Crippen molar-refractivity contribution in [2.45, 2.75) is 6.92 Å². The molecule has 0 aliphatic carbocycles. The maximum absolute atomic E-state index is 10.3. The molecule has 0 aromatic carbocycles. The number of hydrogen-bond acceptors (Lipinski definition) is 6. The van der Waals surface area contributed by atoms with Gasteiger partial charge in [0.1, 0.15) is 6.54 Å². The lowest BCUT2D eigenvalue weighted by molar-refractivity contribution is -1.15. The molecule has 7 nitrogen and oxygen atoms in total. The second-order valence-corrected chi connectivity index (χ2v) is 1.66. The molecular weight excluding hydrogens is 140 g/mol. The highest BCUT2D eigenvalue weighted by molar-refractivity contribution is 4.10. The Labute approximate surface area is 58.7 Å². The Bertz CT molecular complexity index is 97.7. The fourth-order valence-electron chi connectivity index (χ4n) is 0.215. The van der Waals surface area contributed by atoms with E-state index in [0.29, 0.717) is 0 Å². The van der Waals surface area contributed by atoms with Crippen LogP contribution in [0.2, 0.25) is 0 Å². The Hall–Kier alpha value is -0.280. The van der Waals surface area contributed by atoms with Crippen LogP contribution in [0.3, 0.4) is 0 Å². The zero-order chi connectivity index (χ0) is 8.20. The largest absolute Gasteiger partial charge is 0.733 e.